The van der Waals surface area contributed by atoms with Crippen molar-refractivity contribution in [3.8, 4) is 0 Å². The molecule has 106 valence electrons. The summed E-state index contributed by atoms with van der Waals surface area (Å²) < 4.78 is 1.18. The summed E-state index contributed by atoms with van der Waals surface area (Å²) in [6.45, 7) is 11.3. The van der Waals surface area contributed by atoms with Gasteiger partial charge in [0.15, 0.2) is 0 Å². The highest BCUT2D eigenvalue weighted by Crippen LogP contribution is 2.29. The van der Waals surface area contributed by atoms with Gasteiger partial charge in [-0.15, -0.1) is 0 Å². The molecule has 0 bridgehead atoms. The van der Waals surface area contributed by atoms with Gasteiger partial charge >= 0.3 is 0 Å². The van der Waals surface area contributed by atoms with Crippen molar-refractivity contribution in [2.24, 2.45) is 5.92 Å². The maximum atomic E-state index is 3.61. The zero-order valence-electron chi connectivity index (χ0n) is 12.4. The first-order valence-electron chi connectivity index (χ1n) is 7.31. The van der Waals surface area contributed by atoms with Crippen LogP contribution in [0.3, 0.4) is 0 Å². The van der Waals surface area contributed by atoms with E-state index >= 15 is 0 Å². The lowest BCUT2D eigenvalue weighted by Crippen LogP contribution is -2.57. The van der Waals surface area contributed by atoms with Crippen molar-refractivity contribution in [1.82, 2.24) is 5.32 Å². The minimum atomic E-state index is 0.559. The van der Waals surface area contributed by atoms with Gasteiger partial charge in [-0.05, 0) is 43.0 Å². The number of nitrogens with one attached hydrogen (secondary N) is 1. The lowest BCUT2D eigenvalue weighted by atomic mass is 9.96. The molecule has 1 fully saturated rings. The molecule has 1 aromatic carbocycles. The van der Waals surface area contributed by atoms with Gasteiger partial charge in [0, 0.05) is 35.3 Å². The number of nitrogens with zero attached hydrogens (tertiary/aromatic N) is 1. The van der Waals surface area contributed by atoms with Crippen molar-refractivity contribution in [3.05, 3.63) is 28.2 Å². The Morgan fingerprint density at radius 3 is 2.79 bits per heavy atom. The SMILES string of the molecule is CCc1cc(Br)ccc1N1CC(C)NCC1C(C)C. The minimum Gasteiger partial charge on any atom is -0.365 e. The van der Waals surface area contributed by atoms with Crippen LogP contribution in [0.1, 0.15) is 33.3 Å². The first-order chi connectivity index (χ1) is 9.02. The van der Waals surface area contributed by atoms with E-state index in [1.54, 1.807) is 0 Å². The van der Waals surface area contributed by atoms with Gasteiger partial charge in [-0.3, -0.25) is 0 Å². The number of hydrogen-bond donors (Lipinski definition) is 1. The molecule has 1 N–H and O–H groups in total. The van der Waals surface area contributed by atoms with Crippen LogP contribution in [0.15, 0.2) is 22.7 Å². The van der Waals surface area contributed by atoms with Gasteiger partial charge in [0.2, 0.25) is 0 Å². The zero-order valence-corrected chi connectivity index (χ0v) is 14.0. The molecule has 1 aliphatic heterocycles. The van der Waals surface area contributed by atoms with Crippen LogP contribution >= 0.6 is 15.9 Å². The molecule has 0 aromatic heterocycles. The van der Waals surface area contributed by atoms with E-state index in [4.69, 9.17) is 0 Å². The van der Waals surface area contributed by atoms with Crippen LogP contribution < -0.4 is 10.2 Å². The summed E-state index contributed by atoms with van der Waals surface area (Å²) in [4.78, 5) is 2.61. The molecule has 0 spiro atoms. The van der Waals surface area contributed by atoms with Crippen LogP contribution in [0.4, 0.5) is 5.69 Å². The van der Waals surface area contributed by atoms with Crippen LogP contribution in [0.5, 0.6) is 0 Å². The molecule has 2 unspecified atom stereocenters. The van der Waals surface area contributed by atoms with E-state index in [0.29, 0.717) is 18.0 Å². The summed E-state index contributed by atoms with van der Waals surface area (Å²) >= 11 is 3.59. The number of anilines is 1. The molecule has 0 radical (unpaired) electrons. The molecule has 0 amide bonds. The van der Waals surface area contributed by atoms with Crippen molar-refractivity contribution in [1.29, 1.82) is 0 Å². The Bertz CT molecular complexity index is 431. The van der Waals surface area contributed by atoms with E-state index in [2.05, 4.69) is 72.0 Å². The number of piperazine rings is 1. The maximum Gasteiger partial charge on any atom is 0.0438 e. The third kappa shape index (κ3) is 3.32. The van der Waals surface area contributed by atoms with Gasteiger partial charge in [0.25, 0.3) is 0 Å². The number of hydrogen-bond acceptors (Lipinski definition) is 2. The lowest BCUT2D eigenvalue weighted by Gasteiger charge is -2.44. The van der Waals surface area contributed by atoms with E-state index in [0.717, 1.165) is 19.5 Å². The van der Waals surface area contributed by atoms with E-state index < -0.39 is 0 Å². The van der Waals surface area contributed by atoms with Crippen LogP contribution in [0.25, 0.3) is 0 Å². The molecule has 2 atom stereocenters. The van der Waals surface area contributed by atoms with Gasteiger partial charge in [0.1, 0.15) is 0 Å². The van der Waals surface area contributed by atoms with E-state index in [1.165, 1.54) is 15.7 Å². The monoisotopic (exact) mass is 324 g/mol. The lowest BCUT2D eigenvalue weighted by molar-refractivity contribution is 0.348. The van der Waals surface area contributed by atoms with Gasteiger partial charge in [-0.2, -0.15) is 0 Å². The van der Waals surface area contributed by atoms with E-state index in [1.807, 2.05) is 0 Å². The summed E-state index contributed by atoms with van der Waals surface area (Å²) in [5, 5.41) is 3.61. The molecular weight excluding hydrogens is 300 g/mol. The Hall–Kier alpha value is -0.540. The van der Waals surface area contributed by atoms with E-state index in [9.17, 15) is 0 Å². The standard InChI is InChI=1S/C16H25BrN2/c1-5-13-8-14(17)6-7-15(13)19-10-12(4)18-9-16(19)11(2)3/h6-8,11-12,16,18H,5,9-10H2,1-4H3. The second-order valence-electron chi connectivity index (χ2n) is 5.90. The summed E-state index contributed by atoms with van der Waals surface area (Å²) in [6.07, 6.45) is 1.08. The molecule has 2 nitrogen and oxygen atoms in total. The van der Waals surface area contributed by atoms with Gasteiger partial charge < -0.3 is 10.2 Å². The quantitative estimate of drug-likeness (QED) is 0.908. The number of rotatable bonds is 3. The van der Waals surface area contributed by atoms with Crippen LogP contribution in [0, 0.1) is 5.92 Å². The molecule has 0 saturated carbocycles. The van der Waals surface area contributed by atoms with Crippen molar-refractivity contribution in [3.63, 3.8) is 0 Å². The predicted molar refractivity (Wildman–Crippen MR) is 87.0 cm³/mol. The number of aryl methyl sites for hydroxylation is 1. The fourth-order valence-electron chi connectivity index (χ4n) is 2.92. The largest absolute Gasteiger partial charge is 0.365 e. The Labute approximate surface area is 125 Å². The topological polar surface area (TPSA) is 15.3 Å². The highest BCUT2D eigenvalue weighted by molar-refractivity contribution is 9.10. The Morgan fingerprint density at radius 2 is 2.16 bits per heavy atom. The molecular formula is C16H25BrN2. The van der Waals surface area contributed by atoms with Crippen LogP contribution in [-0.2, 0) is 6.42 Å². The Balaban J connectivity index is 2.35. The zero-order chi connectivity index (χ0) is 14.0. The van der Waals surface area contributed by atoms with Crippen molar-refractivity contribution in [2.45, 2.75) is 46.2 Å². The first kappa shape index (κ1) is 14.9. The molecule has 1 aliphatic rings. The summed E-state index contributed by atoms with van der Waals surface area (Å²) in [7, 11) is 0. The third-order valence-corrected chi connectivity index (χ3v) is 4.54. The van der Waals surface area contributed by atoms with Gasteiger partial charge in [-0.25, -0.2) is 0 Å². The van der Waals surface area contributed by atoms with Crippen molar-refractivity contribution >= 4 is 21.6 Å². The summed E-state index contributed by atoms with van der Waals surface area (Å²) in [5.41, 5.74) is 2.85. The maximum absolute atomic E-state index is 3.61. The average molecular weight is 325 g/mol. The number of benzene rings is 1. The molecule has 2 rings (SSSR count). The van der Waals surface area contributed by atoms with Gasteiger partial charge in [0.05, 0.1) is 0 Å². The smallest absolute Gasteiger partial charge is 0.0438 e. The molecule has 3 heteroatoms. The number of halogens is 1. The molecule has 1 aromatic rings. The van der Waals surface area contributed by atoms with E-state index in [-0.39, 0.29) is 0 Å². The van der Waals surface area contributed by atoms with Gasteiger partial charge in [-0.1, -0.05) is 36.7 Å². The Morgan fingerprint density at radius 1 is 1.42 bits per heavy atom. The molecule has 0 aliphatic carbocycles. The highest BCUT2D eigenvalue weighted by atomic mass is 79.9. The summed E-state index contributed by atoms with van der Waals surface area (Å²) in [6, 6.07) is 7.85. The first-order valence-corrected chi connectivity index (χ1v) is 8.10. The second kappa shape index (κ2) is 6.27. The highest BCUT2D eigenvalue weighted by Gasteiger charge is 2.29. The second-order valence-corrected chi connectivity index (χ2v) is 6.82. The fraction of sp³-hybridized carbons (Fsp3) is 0.625. The average Bonchev–Trinajstić information content (AvgIpc) is 2.38. The van der Waals surface area contributed by atoms with Crippen molar-refractivity contribution < 1.29 is 0 Å². The van der Waals surface area contributed by atoms with Crippen LogP contribution in [-0.4, -0.2) is 25.2 Å². The van der Waals surface area contributed by atoms with Crippen LogP contribution in [0.2, 0.25) is 0 Å². The fourth-order valence-corrected chi connectivity index (χ4v) is 3.33. The predicted octanol–water partition coefficient (Wildman–Crippen LogP) is 3.83. The molecule has 19 heavy (non-hydrogen) atoms. The summed E-state index contributed by atoms with van der Waals surface area (Å²) in [5.74, 6) is 0.661. The molecule has 1 heterocycles. The normalized spacial score (nSPS) is 24.0. The Kier molecular flexibility index (Phi) is 4.91. The van der Waals surface area contributed by atoms with Crippen molar-refractivity contribution in [2.75, 3.05) is 18.0 Å². The third-order valence-electron chi connectivity index (χ3n) is 4.05. The minimum absolute atomic E-state index is 0.559. The molecule has 1 saturated heterocycles.